The van der Waals surface area contributed by atoms with Crippen molar-refractivity contribution in [2.24, 2.45) is 0 Å². The van der Waals surface area contributed by atoms with Crippen LogP contribution in [0.25, 0.3) is 0 Å². The van der Waals surface area contributed by atoms with Crippen LogP contribution in [0.3, 0.4) is 0 Å². The molecule has 0 aliphatic carbocycles. The van der Waals surface area contributed by atoms with E-state index in [-0.39, 0.29) is 18.6 Å². The standard InChI is InChI=1S/C18H19ClN2O3/c1-3-24-18(23)21-16-6-4-5-14(11-16)17(22)20-12(2)13-7-9-15(19)10-8-13/h4-12H,3H2,1-2H3,(H,20,22)(H,21,23)/t12-/m1/s1. The van der Waals surface area contributed by atoms with Gasteiger partial charge in [0.05, 0.1) is 12.6 Å². The van der Waals surface area contributed by atoms with Crippen molar-refractivity contribution in [1.82, 2.24) is 5.32 Å². The minimum absolute atomic E-state index is 0.170. The molecule has 6 heteroatoms. The molecule has 0 aliphatic heterocycles. The molecular weight excluding hydrogens is 328 g/mol. The molecule has 0 spiro atoms. The van der Waals surface area contributed by atoms with Gasteiger partial charge in [0, 0.05) is 16.3 Å². The molecule has 126 valence electrons. The Morgan fingerprint density at radius 2 is 1.88 bits per heavy atom. The van der Waals surface area contributed by atoms with Gasteiger partial charge in [0.1, 0.15) is 0 Å². The van der Waals surface area contributed by atoms with Gasteiger partial charge in [0.25, 0.3) is 5.91 Å². The summed E-state index contributed by atoms with van der Waals surface area (Å²) in [5.41, 5.74) is 1.90. The third kappa shape index (κ3) is 4.99. The summed E-state index contributed by atoms with van der Waals surface area (Å²) in [5, 5.41) is 6.13. The van der Waals surface area contributed by atoms with E-state index < -0.39 is 6.09 Å². The van der Waals surface area contributed by atoms with Crippen LogP contribution in [-0.2, 0) is 4.74 Å². The monoisotopic (exact) mass is 346 g/mol. The van der Waals surface area contributed by atoms with Crippen molar-refractivity contribution in [2.75, 3.05) is 11.9 Å². The highest BCUT2D eigenvalue weighted by atomic mass is 35.5. The molecule has 0 saturated heterocycles. The zero-order chi connectivity index (χ0) is 17.5. The highest BCUT2D eigenvalue weighted by molar-refractivity contribution is 6.30. The van der Waals surface area contributed by atoms with E-state index in [2.05, 4.69) is 10.6 Å². The minimum Gasteiger partial charge on any atom is -0.450 e. The van der Waals surface area contributed by atoms with Crippen molar-refractivity contribution in [1.29, 1.82) is 0 Å². The molecule has 0 radical (unpaired) electrons. The lowest BCUT2D eigenvalue weighted by Crippen LogP contribution is -2.26. The van der Waals surface area contributed by atoms with Crippen molar-refractivity contribution in [3.8, 4) is 0 Å². The van der Waals surface area contributed by atoms with Gasteiger partial charge in [-0.05, 0) is 49.7 Å². The van der Waals surface area contributed by atoms with Crippen LogP contribution in [0.5, 0.6) is 0 Å². The van der Waals surface area contributed by atoms with Gasteiger partial charge in [-0.25, -0.2) is 4.79 Å². The van der Waals surface area contributed by atoms with Gasteiger partial charge < -0.3 is 10.1 Å². The summed E-state index contributed by atoms with van der Waals surface area (Å²) >= 11 is 5.87. The number of benzene rings is 2. The zero-order valence-electron chi connectivity index (χ0n) is 13.5. The lowest BCUT2D eigenvalue weighted by atomic mass is 10.1. The molecule has 0 fully saturated rings. The van der Waals surface area contributed by atoms with Crippen LogP contribution in [0.2, 0.25) is 5.02 Å². The van der Waals surface area contributed by atoms with E-state index in [1.807, 2.05) is 19.1 Å². The lowest BCUT2D eigenvalue weighted by Gasteiger charge is -2.15. The summed E-state index contributed by atoms with van der Waals surface area (Å²) < 4.78 is 4.82. The molecule has 24 heavy (non-hydrogen) atoms. The van der Waals surface area contributed by atoms with Gasteiger partial charge >= 0.3 is 6.09 Å². The molecule has 0 bridgehead atoms. The Balaban J connectivity index is 2.04. The van der Waals surface area contributed by atoms with Crippen molar-refractivity contribution in [3.05, 3.63) is 64.7 Å². The van der Waals surface area contributed by atoms with E-state index in [0.717, 1.165) is 5.56 Å². The van der Waals surface area contributed by atoms with Gasteiger partial charge in [-0.3, -0.25) is 10.1 Å². The summed E-state index contributed by atoms with van der Waals surface area (Å²) in [6.07, 6.45) is -0.551. The Bertz CT molecular complexity index is 716. The van der Waals surface area contributed by atoms with E-state index in [4.69, 9.17) is 16.3 Å². The number of nitrogens with one attached hydrogen (secondary N) is 2. The third-order valence-corrected chi connectivity index (χ3v) is 3.62. The number of carbonyl (C=O) groups is 2. The Morgan fingerprint density at radius 1 is 1.17 bits per heavy atom. The molecule has 1 atom stereocenters. The quantitative estimate of drug-likeness (QED) is 0.843. The molecule has 0 aliphatic rings. The molecule has 0 heterocycles. The maximum absolute atomic E-state index is 12.4. The number of hydrogen-bond donors (Lipinski definition) is 2. The minimum atomic E-state index is -0.551. The van der Waals surface area contributed by atoms with Crippen LogP contribution in [-0.4, -0.2) is 18.6 Å². The smallest absolute Gasteiger partial charge is 0.411 e. The number of carbonyl (C=O) groups excluding carboxylic acids is 2. The highest BCUT2D eigenvalue weighted by Gasteiger charge is 2.12. The first kappa shape index (κ1) is 17.8. The average molecular weight is 347 g/mol. The van der Waals surface area contributed by atoms with Crippen molar-refractivity contribution >= 4 is 29.3 Å². The molecule has 2 N–H and O–H groups in total. The fourth-order valence-corrected chi connectivity index (χ4v) is 2.26. The van der Waals surface area contributed by atoms with Gasteiger partial charge in [-0.1, -0.05) is 29.8 Å². The Morgan fingerprint density at radius 3 is 2.54 bits per heavy atom. The van der Waals surface area contributed by atoms with Crippen LogP contribution < -0.4 is 10.6 Å². The maximum Gasteiger partial charge on any atom is 0.411 e. The molecule has 0 unspecified atom stereocenters. The largest absolute Gasteiger partial charge is 0.450 e. The fraction of sp³-hybridized carbons (Fsp3) is 0.222. The summed E-state index contributed by atoms with van der Waals surface area (Å²) in [6.45, 7) is 3.90. The SMILES string of the molecule is CCOC(=O)Nc1cccc(C(=O)N[C@H](C)c2ccc(Cl)cc2)c1. The van der Waals surface area contributed by atoms with Gasteiger partial charge in [0.15, 0.2) is 0 Å². The lowest BCUT2D eigenvalue weighted by molar-refractivity contribution is 0.0939. The number of ether oxygens (including phenoxy) is 1. The topological polar surface area (TPSA) is 67.4 Å². The van der Waals surface area contributed by atoms with Gasteiger partial charge in [-0.2, -0.15) is 0 Å². The van der Waals surface area contributed by atoms with E-state index in [1.165, 1.54) is 0 Å². The fourth-order valence-electron chi connectivity index (χ4n) is 2.14. The Kier molecular flexibility index (Phi) is 6.21. The highest BCUT2D eigenvalue weighted by Crippen LogP contribution is 2.17. The summed E-state index contributed by atoms with van der Waals surface area (Å²) in [5.74, 6) is -0.232. The van der Waals surface area contributed by atoms with Gasteiger partial charge in [-0.15, -0.1) is 0 Å². The molecule has 0 aromatic heterocycles. The van der Waals surface area contributed by atoms with Crippen molar-refractivity contribution < 1.29 is 14.3 Å². The molecule has 2 aromatic rings. The maximum atomic E-state index is 12.4. The molecule has 2 aromatic carbocycles. The predicted molar refractivity (Wildman–Crippen MR) is 94.4 cm³/mol. The second-order valence-corrected chi connectivity index (χ2v) is 5.61. The van der Waals surface area contributed by atoms with Crippen molar-refractivity contribution in [2.45, 2.75) is 19.9 Å². The third-order valence-electron chi connectivity index (χ3n) is 3.36. The first-order chi connectivity index (χ1) is 11.5. The number of halogens is 1. The molecule has 5 nitrogen and oxygen atoms in total. The van der Waals surface area contributed by atoms with Crippen LogP contribution in [0.15, 0.2) is 48.5 Å². The number of anilines is 1. The Labute approximate surface area is 146 Å². The van der Waals surface area contributed by atoms with Crippen molar-refractivity contribution in [3.63, 3.8) is 0 Å². The number of amides is 2. The van der Waals surface area contributed by atoms with E-state index >= 15 is 0 Å². The van der Waals surface area contributed by atoms with E-state index in [1.54, 1.807) is 43.3 Å². The predicted octanol–water partition coefficient (Wildman–Crippen LogP) is 4.40. The number of rotatable bonds is 5. The molecule has 2 amide bonds. The molecular formula is C18H19ClN2O3. The summed E-state index contributed by atoms with van der Waals surface area (Å²) in [7, 11) is 0. The van der Waals surface area contributed by atoms with Crippen LogP contribution in [0, 0.1) is 0 Å². The molecule has 2 rings (SSSR count). The first-order valence-corrected chi connectivity index (χ1v) is 7.97. The van der Waals surface area contributed by atoms with E-state index in [0.29, 0.717) is 16.3 Å². The average Bonchev–Trinajstić information content (AvgIpc) is 2.55. The van der Waals surface area contributed by atoms with E-state index in [9.17, 15) is 9.59 Å². The first-order valence-electron chi connectivity index (χ1n) is 7.59. The zero-order valence-corrected chi connectivity index (χ0v) is 14.3. The van der Waals surface area contributed by atoms with Gasteiger partial charge in [0.2, 0.25) is 0 Å². The summed E-state index contributed by atoms with van der Waals surface area (Å²) in [6, 6.07) is 13.8. The second kappa shape index (κ2) is 8.36. The number of hydrogen-bond acceptors (Lipinski definition) is 3. The van der Waals surface area contributed by atoms with Crippen LogP contribution in [0.4, 0.5) is 10.5 Å². The molecule has 0 saturated carbocycles. The van der Waals surface area contributed by atoms with Crippen LogP contribution >= 0.6 is 11.6 Å². The Hall–Kier alpha value is -2.53. The summed E-state index contributed by atoms with van der Waals surface area (Å²) in [4.78, 5) is 23.8. The normalized spacial score (nSPS) is 11.5. The second-order valence-electron chi connectivity index (χ2n) is 5.17. The van der Waals surface area contributed by atoms with Crippen LogP contribution in [0.1, 0.15) is 35.8 Å².